The van der Waals surface area contributed by atoms with E-state index in [0.29, 0.717) is 5.75 Å². The van der Waals surface area contributed by atoms with Gasteiger partial charge in [0.2, 0.25) is 15.9 Å². The molecule has 6 nitrogen and oxygen atoms in total. The number of primary sulfonamides is 1. The Hall–Kier alpha value is -2.45. The monoisotopic (exact) mass is 366 g/mol. The molecule has 0 aromatic heterocycles. The van der Waals surface area contributed by atoms with Crippen LogP contribution in [0.15, 0.2) is 47.4 Å². The van der Waals surface area contributed by atoms with E-state index in [-0.39, 0.29) is 34.6 Å². The van der Waals surface area contributed by atoms with E-state index in [0.717, 1.165) is 5.56 Å². The number of rotatable bonds is 6. The van der Waals surface area contributed by atoms with Crippen LogP contribution < -0.4 is 15.2 Å². The summed E-state index contributed by atoms with van der Waals surface area (Å²) >= 11 is 0. The first-order valence-corrected chi connectivity index (χ1v) is 9.01. The van der Waals surface area contributed by atoms with Gasteiger partial charge in [-0.1, -0.05) is 19.1 Å². The lowest BCUT2D eigenvalue weighted by atomic mass is 9.97. The summed E-state index contributed by atoms with van der Waals surface area (Å²) in [5.74, 6) is -0.505. The zero-order valence-electron chi connectivity index (χ0n) is 13.8. The summed E-state index contributed by atoms with van der Waals surface area (Å²) in [6.07, 6.45) is 0.133. The topological polar surface area (TPSA) is 98.5 Å². The molecule has 3 N–H and O–H groups in total. The fraction of sp³-hybridized carbons (Fsp3) is 0.235. The minimum Gasteiger partial charge on any atom is -0.495 e. The quantitative estimate of drug-likeness (QED) is 0.821. The summed E-state index contributed by atoms with van der Waals surface area (Å²) < 4.78 is 41.0. The molecular weight excluding hydrogens is 347 g/mol. The van der Waals surface area contributed by atoms with Gasteiger partial charge < -0.3 is 10.1 Å². The number of amides is 1. The Balaban J connectivity index is 2.15. The van der Waals surface area contributed by atoms with Crippen LogP contribution >= 0.6 is 0 Å². The van der Waals surface area contributed by atoms with Crippen LogP contribution in [0.25, 0.3) is 0 Å². The van der Waals surface area contributed by atoms with Crippen molar-refractivity contribution in [2.24, 2.45) is 5.14 Å². The minimum absolute atomic E-state index is 0.129. The Morgan fingerprint density at radius 2 is 1.88 bits per heavy atom. The Morgan fingerprint density at radius 3 is 2.44 bits per heavy atom. The molecule has 0 fully saturated rings. The number of hydrogen-bond donors (Lipinski definition) is 2. The largest absolute Gasteiger partial charge is 0.495 e. The van der Waals surface area contributed by atoms with E-state index in [9.17, 15) is 17.6 Å². The zero-order valence-corrected chi connectivity index (χ0v) is 14.6. The average molecular weight is 366 g/mol. The summed E-state index contributed by atoms with van der Waals surface area (Å²) in [7, 11) is -2.49. The van der Waals surface area contributed by atoms with E-state index in [4.69, 9.17) is 9.88 Å². The molecule has 134 valence electrons. The first kappa shape index (κ1) is 18.9. The summed E-state index contributed by atoms with van der Waals surface area (Å²) in [6.45, 7) is 1.84. The Kier molecular flexibility index (Phi) is 5.76. The molecule has 2 aromatic carbocycles. The number of anilines is 1. The maximum atomic E-state index is 13.0. The molecule has 1 unspecified atom stereocenters. The summed E-state index contributed by atoms with van der Waals surface area (Å²) in [6, 6.07) is 9.87. The molecule has 2 aromatic rings. The maximum absolute atomic E-state index is 13.0. The smallest absolute Gasteiger partial charge is 0.238 e. The molecule has 2 rings (SSSR count). The lowest BCUT2D eigenvalue weighted by molar-refractivity contribution is -0.116. The lowest BCUT2D eigenvalue weighted by Crippen LogP contribution is -2.17. The van der Waals surface area contributed by atoms with Gasteiger partial charge in [0.25, 0.3) is 0 Å². The molecule has 0 aliphatic carbocycles. The Morgan fingerprint density at radius 1 is 1.24 bits per heavy atom. The number of benzene rings is 2. The second kappa shape index (κ2) is 7.62. The molecule has 0 aliphatic heterocycles. The molecule has 0 heterocycles. The Labute approximate surface area is 145 Å². The number of methoxy groups -OCH3 is 1. The number of nitrogens with two attached hydrogens (primary N) is 1. The van der Waals surface area contributed by atoms with Gasteiger partial charge in [-0.25, -0.2) is 17.9 Å². The summed E-state index contributed by atoms with van der Waals surface area (Å²) in [4.78, 5) is 12.1. The molecule has 0 bridgehead atoms. The van der Waals surface area contributed by atoms with Crippen molar-refractivity contribution in [2.45, 2.75) is 24.2 Å². The van der Waals surface area contributed by atoms with Gasteiger partial charge in [0, 0.05) is 6.42 Å². The fourth-order valence-electron chi connectivity index (χ4n) is 2.35. The van der Waals surface area contributed by atoms with Gasteiger partial charge in [-0.05, 0) is 41.8 Å². The highest BCUT2D eigenvalue weighted by molar-refractivity contribution is 7.89. The van der Waals surface area contributed by atoms with Crippen molar-refractivity contribution in [1.29, 1.82) is 0 Å². The number of carbonyl (C=O) groups is 1. The van der Waals surface area contributed by atoms with E-state index in [1.807, 2.05) is 6.92 Å². The second-order valence-corrected chi connectivity index (χ2v) is 7.17. The molecule has 0 spiro atoms. The minimum atomic E-state index is -3.90. The lowest BCUT2D eigenvalue weighted by Gasteiger charge is -2.14. The molecule has 0 radical (unpaired) electrons. The van der Waals surface area contributed by atoms with E-state index >= 15 is 0 Å². The fourth-order valence-corrected chi connectivity index (χ4v) is 2.89. The standard InChI is InChI=1S/C17H19FN2O4S/c1-11(12-3-5-13(18)6-4-12)9-17(21)20-15-10-14(25(19,22)23)7-8-16(15)24-2/h3-8,10-11H,9H2,1-2H3,(H,20,21)(H2,19,22,23). The van der Waals surface area contributed by atoms with Crippen molar-refractivity contribution in [3.63, 3.8) is 0 Å². The van der Waals surface area contributed by atoms with Crippen LogP contribution in [0, 0.1) is 5.82 Å². The highest BCUT2D eigenvalue weighted by Gasteiger charge is 2.16. The number of sulfonamides is 1. The van der Waals surface area contributed by atoms with Crippen molar-refractivity contribution in [2.75, 3.05) is 12.4 Å². The van der Waals surface area contributed by atoms with Crippen molar-refractivity contribution in [3.8, 4) is 5.75 Å². The summed E-state index contributed by atoms with van der Waals surface area (Å²) in [5.41, 5.74) is 1.03. The van der Waals surface area contributed by atoms with E-state index in [1.165, 1.54) is 37.4 Å². The Bertz CT molecular complexity index is 867. The van der Waals surface area contributed by atoms with Crippen LogP contribution in [-0.4, -0.2) is 21.4 Å². The van der Waals surface area contributed by atoms with Crippen LogP contribution in [0.3, 0.4) is 0 Å². The normalized spacial score (nSPS) is 12.5. The third kappa shape index (κ3) is 5.01. The van der Waals surface area contributed by atoms with Gasteiger partial charge in [-0.15, -0.1) is 0 Å². The maximum Gasteiger partial charge on any atom is 0.238 e. The van der Waals surface area contributed by atoms with Crippen LogP contribution in [0.4, 0.5) is 10.1 Å². The van der Waals surface area contributed by atoms with Gasteiger partial charge in [0.15, 0.2) is 0 Å². The molecule has 0 saturated heterocycles. The number of carbonyl (C=O) groups excluding carboxylic acids is 1. The molecular formula is C17H19FN2O4S. The van der Waals surface area contributed by atoms with Crippen molar-refractivity contribution >= 4 is 21.6 Å². The predicted molar refractivity (Wildman–Crippen MR) is 92.4 cm³/mol. The van der Waals surface area contributed by atoms with Gasteiger partial charge in [-0.3, -0.25) is 4.79 Å². The first-order chi connectivity index (χ1) is 11.7. The highest BCUT2D eigenvalue weighted by Crippen LogP contribution is 2.28. The molecule has 0 aliphatic rings. The highest BCUT2D eigenvalue weighted by atomic mass is 32.2. The third-order valence-electron chi connectivity index (χ3n) is 3.70. The van der Waals surface area contributed by atoms with Gasteiger partial charge in [-0.2, -0.15) is 0 Å². The number of halogens is 1. The molecule has 8 heteroatoms. The van der Waals surface area contributed by atoms with E-state index < -0.39 is 10.0 Å². The summed E-state index contributed by atoms with van der Waals surface area (Å²) in [5, 5.41) is 7.73. The van der Waals surface area contributed by atoms with E-state index in [2.05, 4.69) is 5.32 Å². The average Bonchev–Trinajstić information content (AvgIpc) is 2.54. The van der Waals surface area contributed by atoms with E-state index in [1.54, 1.807) is 12.1 Å². The van der Waals surface area contributed by atoms with Crippen LogP contribution in [0.5, 0.6) is 5.75 Å². The first-order valence-electron chi connectivity index (χ1n) is 7.47. The van der Waals surface area contributed by atoms with Crippen molar-refractivity contribution < 1.29 is 22.3 Å². The van der Waals surface area contributed by atoms with Gasteiger partial charge in [0.1, 0.15) is 11.6 Å². The molecule has 25 heavy (non-hydrogen) atoms. The van der Waals surface area contributed by atoms with Crippen LogP contribution in [0.2, 0.25) is 0 Å². The van der Waals surface area contributed by atoms with Crippen molar-refractivity contribution in [3.05, 3.63) is 53.8 Å². The van der Waals surface area contributed by atoms with Crippen LogP contribution in [-0.2, 0) is 14.8 Å². The second-order valence-electron chi connectivity index (χ2n) is 5.61. The van der Waals surface area contributed by atoms with Crippen LogP contribution in [0.1, 0.15) is 24.8 Å². The van der Waals surface area contributed by atoms with Gasteiger partial charge >= 0.3 is 0 Å². The molecule has 1 amide bonds. The van der Waals surface area contributed by atoms with Crippen molar-refractivity contribution in [1.82, 2.24) is 0 Å². The number of hydrogen-bond acceptors (Lipinski definition) is 4. The molecule has 0 saturated carbocycles. The predicted octanol–water partition coefficient (Wildman–Crippen LogP) is 2.61. The molecule has 1 atom stereocenters. The number of nitrogens with one attached hydrogen (secondary N) is 1. The number of ether oxygens (including phenoxy) is 1. The van der Waals surface area contributed by atoms with Gasteiger partial charge in [0.05, 0.1) is 17.7 Å². The zero-order chi connectivity index (χ0) is 18.6. The third-order valence-corrected chi connectivity index (χ3v) is 4.62. The SMILES string of the molecule is COc1ccc(S(N)(=O)=O)cc1NC(=O)CC(C)c1ccc(F)cc1.